The van der Waals surface area contributed by atoms with E-state index in [2.05, 4.69) is 9.72 Å². The Morgan fingerprint density at radius 1 is 0.909 bits per heavy atom. The lowest BCUT2D eigenvalue weighted by Gasteiger charge is -2.13. The lowest BCUT2D eigenvalue weighted by molar-refractivity contribution is -0.141. The van der Waals surface area contributed by atoms with Gasteiger partial charge in [-0.15, -0.1) is 0 Å². The van der Waals surface area contributed by atoms with Gasteiger partial charge in [-0.25, -0.2) is 4.98 Å². The Hall–Kier alpha value is -2.25. The summed E-state index contributed by atoms with van der Waals surface area (Å²) in [5.41, 5.74) is -2.13. The highest BCUT2D eigenvalue weighted by molar-refractivity contribution is 5.63. The Kier molecular flexibility index (Phi) is 4.04. The predicted octanol–water partition coefficient (Wildman–Crippen LogP) is 4.79. The second-order valence-corrected chi connectivity index (χ2v) is 4.32. The number of methoxy groups -OCH3 is 1. The minimum Gasteiger partial charge on any atom is -0.496 e. The zero-order valence-corrected chi connectivity index (χ0v) is 11.1. The van der Waals surface area contributed by atoms with Crippen molar-refractivity contribution in [2.45, 2.75) is 12.4 Å². The summed E-state index contributed by atoms with van der Waals surface area (Å²) in [6.45, 7) is 0. The fourth-order valence-electron chi connectivity index (χ4n) is 1.84. The molecule has 0 fully saturated rings. The molecule has 0 unspecified atom stereocenters. The zero-order chi connectivity index (χ0) is 16.5. The monoisotopic (exact) mass is 321 g/mol. The SMILES string of the molecule is COc1cc(-c2cccc(C(F)(F)F)n2)ccc1C(F)(F)F. The molecule has 1 aromatic heterocycles. The quantitative estimate of drug-likeness (QED) is 0.742. The third-order valence-electron chi connectivity index (χ3n) is 2.84. The van der Waals surface area contributed by atoms with E-state index in [1.165, 1.54) is 6.07 Å². The molecule has 0 radical (unpaired) electrons. The summed E-state index contributed by atoms with van der Waals surface area (Å²) in [4.78, 5) is 3.42. The fraction of sp³-hybridized carbons (Fsp3) is 0.214. The van der Waals surface area contributed by atoms with Gasteiger partial charge in [-0.3, -0.25) is 0 Å². The number of ether oxygens (including phenoxy) is 1. The van der Waals surface area contributed by atoms with Crippen LogP contribution in [0.2, 0.25) is 0 Å². The van der Waals surface area contributed by atoms with Crippen molar-refractivity contribution in [2.24, 2.45) is 0 Å². The summed E-state index contributed by atoms with van der Waals surface area (Å²) in [7, 11) is 1.05. The van der Waals surface area contributed by atoms with Crippen LogP contribution in [0.4, 0.5) is 26.3 Å². The molecule has 2 rings (SSSR count). The number of alkyl halides is 6. The minimum absolute atomic E-state index is 0.0935. The van der Waals surface area contributed by atoms with Gasteiger partial charge < -0.3 is 4.74 Å². The number of hydrogen-bond donors (Lipinski definition) is 0. The van der Waals surface area contributed by atoms with E-state index >= 15 is 0 Å². The smallest absolute Gasteiger partial charge is 0.433 e. The van der Waals surface area contributed by atoms with Gasteiger partial charge in [0.25, 0.3) is 0 Å². The largest absolute Gasteiger partial charge is 0.496 e. The van der Waals surface area contributed by atoms with E-state index < -0.39 is 29.4 Å². The molecule has 1 aromatic carbocycles. The van der Waals surface area contributed by atoms with Crippen molar-refractivity contribution in [1.82, 2.24) is 4.98 Å². The number of pyridine rings is 1. The zero-order valence-electron chi connectivity index (χ0n) is 11.1. The van der Waals surface area contributed by atoms with Crippen LogP contribution in [0.1, 0.15) is 11.3 Å². The van der Waals surface area contributed by atoms with Gasteiger partial charge in [0.2, 0.25) is 0 Å². The van der Waals surface area contributed by atoms with Crippen LogP contribution in [-0.2, 0) is 12.4 Å². The lowest BCUT2D eigenvalue weighted by Crippen LogP contribution is -2.09. The number of benzene rings is 1. The Labute approximate surface area is 121 Å². The molecular weight excluding hydrogens is 312 g/mol. The van der Waals surface area contributed by atoms with E-state index in [1.54, 1.807) is 0 Å². The van der Waals surface area contributed by atoms with Crippen LogP contribution in [0.3, 0.4) is 0 Å². The molecule has 0 atom stereocenters. The molecule has 0 saturated carbocycles. The average molecular weight is 321 g/mol. The highest BCUT2D eigenvalue weighted by atomic mass is 19.4. The molecule has 0 saturated heterocycles. The van der Waals surface area contributed by atoms with E-state index in [-0.39, 0.29) is 11.3 Å². The van der Waals surface area contributed by atoms with E-state index in [9.17, 15) is 26.3 Å². The van der Waals surface area contributed by atoms with Crippen LogP contribution in [0.25, 0.3) is 11.3 Å². The molecule has 0 N–H and O–H groups in total. The first-order valence-corrected chi connectivity index (χ1v) is 5.93. The number of rotatable bonds is 2. The molecular formula is C14H9F6NO. The molecule has 118 valence electrons. The third kappa shape index (κ3) is 3.32. The maximum absolute atomic E-state index is 12.7. The minimum atomic E-state index is -4.63. The van der Waals surface area contributed by atoms with E-state index in [0.29, 0.717) is 0 Å². The summed E-state index contributed by atoms with van der Waals surface area (Å²) in [5.74, 6) is -0.482. The van der Waals surface area contributed by atoms with Crippen LogP contribution in [0.5, 0.6) is 5.75 Å². The highest BCUT2D eigenvalue weighted by Gasteiger charge is 2.35. The first-order chi connectivity index (χ1) is 10.1. The molecule has 2 nitrogen and oxygen atoms in total. The van der Waals surface area contributed by atoms with Crippen molar-refractivity contribution in [3.63, 3.8) is 0 Å². The van der Waals surface area contributed by atoms with Crippen molar-refractivity contribution < 1.29 is 31.1 Å². The molecule has 0 bridgehead atoms. The molecule has 8 heteroatoms. The predicted molar refractivity (Wildman–Crippen MR) is 66.2 cm³/mol. The standard InChI is InChI=1S/C14H9F6NO/c1-22-11-7-8(5-6-9(11)13(15,16)17)10-3-2-4-12(21-10)14(18,19)20/h2-7H,1H3. The van der Waals surface area contributed by atoms with Crippen LogP contribution >= 0.6 is 0 Å². The Morgan fingerprint density at radius 3 is 2.14 bits per heavy atom. The average Bonchev–Trinajstić information content (AvgIpc) is 2.45. The molecule has 22 heavy (non-hydrogen) atoms. The fourth-order valence-corrected chi connectivity index (χ4v) is 1.84. The van der Waals surface area contributed by atoms with Crippen molar-refractivity contribution in [1.29, 1.82) is 0 Å². The van der Waals surface area contributed by atoms with Crippen LogP contribution < -0.4 is 4.74 Å². The van der Waals surface area contributed by atoms with E-state index in [4.69, 9.17) is 0 Å². The van der Waals surface area contributed by atoms with Gasteiger partial charge >= 0.3 is 12.4 Å². The summed E-state index contributed by atoms with van der Waals surface area (Å²) >= 11 is 0. The number of hydrogen-bond acceptors (Lipinski definition) is 2. The summed E-state index contributed by atoms with van der Waals surface area (Å²) in [6.07, 6.45) is -9.25. The molecule has 2 aromatic rings. The van der Waals surface area contributed by atoms with Gasteiger partial charge in [0.05, 0.1) is 18.4 Å². The van der Waals surface area contributed by atoms with Gasteiger partial charge in [0.1, 0.15) is 11.4 Å². The molecule has 1 heterocycles. The Morgan fingerprint density at radius 2 is 1.59 bits per heavy atom. The summed E-state index contributed by atoms with van der Waals surface area (Å²) in [5, 5.41) is 0. The van der Waals surface area contributed by atoms with Crippen LogP contribution in [0, 0.1) is 0 Å². The second kappa shape index (κ2) is 5.51. The highest BCUT2D eigenvalue weighted by Crippen LogP contribution is 2.38. The van der Waals surface area contributed by atoms with Crippen LogP contribution in [0.15, 0.2) is 36.4 Å². The van der Waals surface area contributed by atoms with Crippen LogP contribution in [-0.4, -0.2) is 12.1 Å². The first-order valence-electron chi connectivity index (χ1n) is 5.93. The topological polar surface area (TPSA) is 22.1 Å². The third-order valence-corrected chi connectivity index (χ3v) is 2.84. The van der Waals surface area contributed by atoms with Gasteiger partial charge in [0.15, 0.2) is 0 Å². The van der Waals surface area contributed by atoms with Crippen molar-refractivity contribution in [2.75, 3.05) is 7.11 Å². The van der Waals surface area contributed by atoms with Crippen molar-refractivity contribution >= 4 is 0 Å². The second-order valence-electron chi connectivity index (χ2n) is 4.32. The Balaban J connectivity index is 2.51. The van der Waals surface area contributed by atoms with Crippen molar-refractivity contribution in [3.05, 3.63) is 47.7 Å². The van der Waals surface area contributed by atoms with Gasteiger partial charge in [-0.1, -0.05) is 12.1 Å². The molecule has 0 aliphatic rings. The molecule has 0 spiro atoms. The van der Waals surface area contributed by atoms with E-state index in [1.807, 2.05) is 0 Å². The Bertz CT molecular complexity index is 678. The van der Waals surface area contributed by atoms with Crippen molar-refractivity contribution in [3.8, 4) is 17.0 Å². The first kappa shape index (κ1) is 16.1. The number of aromatic nitrogens is 1. The number of halogens is 6. The summed E-state index contributed by atoms with van der Waals surface area (Å²) < 4.78 is 80.7. The maximum atomic E-state index is 12.7. The lowest BCUT2D eigenvalue weighted by atomic mass is 10.1. The molecule has 0 amide bonds. The van der Waals surface area contributed by atoms with Gasteiger partial charge in [-0.05, 0) is 24.3 Å². The van der Waals surface area contributed by atoms with E-state index in [0.717, 1.165) is 37.4 Å². The van der Waals surface area contributed by atoms with Gasteiger partial charge in [-0.2, -0.15) is 26.3 Å². The number of nitrogens with zero attached hydrogens (tertiary/aromatic N) is 1. The maximum Gasteiger partial charge on any atom is 0.433 e. The molecule has 0 aliphatic carbocycles. The normalized spacial score (nSPS) is 12.3. The van der Waals surface area contributed by atoms with Gasteiger partial charge in [0, 0.05) is 5.56 Å². The summed E-state index contributed by atoms with van der Waals surface area (Å²) in [6, 6.07) is 5.99. The molecule has 0 aliphatic heterocycles.